The number of carboxylic acids is 1. The second kappa shape index (κ2) is 13.2. The van der Waals surface area contributed by atoms with Crippen LogP contribution in [-0.2, 0) is 17.6 Å². The van der Waals surface area contributed by atoms with Crippen molar-refractivity contribution in [3.05, 3.63) is 123 Å². The van der Waals surface area contributed by atoms with Gasteiger partial charge in [0.25, 0.3) is 5.69 Å². The zero-order chi connectivity index (χ0) is 29.4. The summed E-state index contributed by atoms with van der Waals surface area (Å²) in [5, 5.41) is 23.5. The molecule has 0 aliphatic carbocycles. The number of carbonyl (C=O) groups excluding carboxylic acids is 1. The molecule has 0 bridgehead atoms. The maximum absolute atomic E-state index is 12.5. The lowest BCUT2D eigenvalue weighted by atomic mass is 10.0. The van der Waals surface area contributed by atoms with Gasteiger partial charge in [0.2, 0.25) is 5.89 Å². The summed E-state index contributed by atoms with van der Waals surface area (Å²) in [4.78, 5) is 39.4. The van der Waals surface area contributed by atoms with Crippen LogP contribution in [0, 0.1) is 17.0 Å². The van der Waals surface area contributed by atoms with E-state index in [4.69, 9.17) is 9.15 Å². The summed E-state index contributed by atoms with van der Waals surface area (Å²) in [5.74, 6) is 0.394. The highest BCUT2D eigenvalue weighted by atomic mass is 16.6. The van der Waals surface area contributed by atoms with E-state index in [9.17, 15) is 24.8 Å². The summed E-state index contributed by atoms with van der Waals surface area (Å²) in [7, 11) is 0. The standard InChI is InChI=1S/C31H29N3O7/c1-20(17-29(35)24-9-6-10-25(19-24)34(38)39)32-28(31(36)37)18-22-11-13-26(14-12-22)40-16-15-27-21(2)41-30(33-27)23-7-4-3-5-8-23/h3-14,17,19,28,32H,15-16,18H2,1-2H3,(H,36,37)/t28-/m0/s1. The molecule has 0 spiro atoms. The average molecular weight is 556 g/mol. The van der Waals surface area contributed by atoms with Gasteiger partial charge in [-0.25, -0.2) is 9.78 Å². The number of rotatable bonds is 13. The minimum Gasteiger partial charge on any atom is -0.493 e. The molecule has 0 unspecified atom stereocenters. The first-order valence-corrected chi connectivity index (χ1v) is 12.9. The highest BCUT2D eigenvalue weighted by Gasteiger charge is 2.19. The highest BCUT2D eigenvalue weighted by Crippen LogP contribution is 2.22. The molecule has 0 amide bonds. The molecule has 210 valence electrons. The van der Waals surface area contributed by atoms with Gasteiger partial charge in [0.15, 0.2) is 5.78 Å². The van der Waals surface area contributed by atoms with Gasteiger partial charge in [-0.15, -0.1) is 0 Å². The predicted octanol–water partition coefficient (Wildman–Crippen LogP) is 5.55. The number of aryl methyl sites for hydroxylation is 1. The number of allylic oxidation sites excluding steroid dienone is 2. The summed E-state index contributed by atoms with van der Waals surface area (Å²) in [5.41, 5.74) is 2.76. The van der Waals surface area contributed by atoms with Crippen LogP contribution >= 0.6 is 0 Å². The first-order chi connectivity index (χ1) is 19.7. The van der Waals surface area contributed by atoms with E-state index >= 15 is 0 Å². The minimum atomic E-state index is -1.08. The molecule has 0 saturated carbocycles. The van der Waals surface area contributed by atoms with Crippen molar-refractivity contribution in [1.29, 1.82) is 0 Å². The van der Waals surface area contributed by atoms with Crippen molar-refractivity contribution in [1.82, 2.24) is 10.3 Å². The number of ketones is 1. The Kier molecular flexibility index (Phi) is 9.26. The van der Waals surface area contributed by atoms with Gasteiger partial charge in [-0.2, -0.15) is 0 Å². The van der Waals surface area contributed by atoms with Gasteiger partial charge in [0, 0.05) is 47.9 Å². The van der Waals surface area contributed by atoms with E-state index in [1.165, 1.54) is 30.3 Å². The zero-order valence-electron chi connectivity index (χ0n) is 22.6. The molecule has 10 heteroatoms. The summed E-state index contributed by atoms with van der Waals surface area (Å²) in [6, 6.07) is 21.2. The molecule has 0 aliphatic rings. The van der Waals surface area contributed by atoms with Crippen LogP contribution in [-0.4, -0.2) is 39.4 Å². The van der Waals surface area contributed by atoms with E-state index in [0.717, 1.165) is 22.6 Å². The number of carbonyl (C=O) groups is 2. The second-order valence-corrected chi connectivity index (χ2v) is 9.37. The van der Waals surface area contributed by atoms with Crippen LogP contribution in [0.15, 0.2) is 95.1 Å². The SMILES string of the molecule is CC(=CC(=O)c1cccc([N+](=O)[O-])c1)N[C@@H](Cc1ccc(OCCc2nc(-c3ccccc3)oc2C)cc1)C(=O)O. The van der Waals surface area contributed by atoms with Crippen molar-refractivity contribution in [3.63, 3.8) is 0 Å². The second-order valence-electron chi connectivity index (χ2n) is 9.37. The van der Waals surface area contributed by atoms with E-state index in [1.54, 1.807) is 31.2 Å². The maximum Gasteiger partial charge on any atom is 0.326 e. The molecule has 3 aromatic carbocycles. The van der Waals surface area contributed by atoms with E-state index in [0.29, 0.717) is 30.4 Å². The summed E-state index contributed by atoms with van der Waals surface area (Å²) in [6.07, 6.45) is 1.95. The third kappa shape index (κ3) is 7.89. The number of benzene rings is 3. The number of hydrogen-bond donors (Lipinski definition) is 2. The monoisotopic (exact) mass is 555 g/mol. The van der Waals surface area contributed by atoms with Crippen LogP contribution in [0.3, 0.4) is 0 Å². The molecular weight excluding hydrogens is 526 g/mol. The molecule has 0 radical (unpaired) electrons. The van der Waals surface area contributed by atoms with Gasteiger partial charge in [-0.1, -0.05) is 42.5 Å². The van der Waals surface area contributed by atoms with E-state index in [-0.39, 0.29) is 17.7 Å². The topological polar surface area (TPSA) is 145 Å². The first-order valence-electron chi connectivity index (χ1n) is 12.9. The fraction of sp³-hybridized carbons (Fsp3) is 0.194. The van der Waals surface area contributed by atoms with Crippen molar-refractivity contribution in [2.45, 2.75) is 32.7 Å². The lowest BCUT2D eigenvalue weighted by Gasteiger charge is -2.16. The number of aromatic nitrogens is 1. The number of carboxylic acid groups (broad SMARTS) is 1. The van der Waals surface area contributed by atoms with Gasteiger partial charge in [-0.3, -0.25) is 14.9 Å². The van der Waals surface area contributed by atoms with Gasteiger partial charge < -0.3 is 19.6 Å². The number of aliphatic carboxylic acids is 1. The van der Waals surface area contributed by atoms with Crippen LogP contribution < -0.4 is 10.1 Å². The summed E-state index contributed by atoms with van der Waals surface area (Å²) >= 11 is 0. The largest absolute Gasteiger partial charge is 0.493 e. The summed E-state index contributed by atoms with van der Waals surface area (Å²) in [6.45, 7) is 3.83. The minimum absolute atomic E-state index is 0.137. The predicted molar refractivity (Wildman–Crippen MR) is 152 cm³/mol. The molecule has 0 saturated heterocycles. The van der Waals surface area contributed by atoms with Gasteiger partial charge in [0.1, 0.15) is 17.6 Å². The zero-order valence-corrected chi connectivity index (χ0v) is 22.6. The van der Waals surface area contributed by atoms with Gasteiger partial charge >= 0.3 is 5.97 Å². The van der Waals surface area contributed by atoms with Crippen molar-refractivity contribution in [2.75, 3.05) is 6.61 Å². The molecular formula is C31H29N3O7. The smallest absolute Gasteiger partial charge is 0.326 e. The van der Waals surface area contributed by atoms with Crippen molar-refractivity contribution >= 4 is 17.4 Å². The van der Waals surface area contributed by atoms with Crippen molar-refractivity contribution < 1.29 is 28.8 Å². The molecule has 4 rings (SSSR count). The Morgan fingerprint density at radius 3 is 2.51 bits per heavy atom. The Labute approximate surface area is 236 Å². The van der Waals surface area contributed by atoms with Crippen LogP contribution in [0.5, 0.6) is 5.75 Å². The number of nitrogens with zero attached hydrogens (tertiary/aromatic N) is 2. The van der Waals surface area contributed by atoms with Gasteiger partial charge in [0.05, 0.1) is 17.2 Å². The van der Waals surface area contributed by atoms with Gasteiger partial charge in [-0.05, 0) is 43.7 Å². The van der Waals surface area contributed by atoms with Crippen molar-refractivity contribution in [3.8, 4) is 17.2 Å². The molecule has 1 heterocycles. The van der Waals surface area contributed by atoms with E-state index < -0.39 is 22.7 Å². The Morgan fingerprint density at radius 2 is 1.83 bits per heavy atom. The van der Waals surface area contributed by atoms with E-state index in [1.807, 2.05) is 37.3 Å². The fourth-order valence-electron chi connectivity index (χ4n) is 4.16. The third-order valence-electron chi connectivity index (χ3n) is 6.27. The molecule has 0 fully saturated rings. The van der Waals surface area contributed by atoms with Crippen LogP contribution in [0.4, 0.5) is 5.69 Å². The first kappa shape index (κ1) is 28.8. The number of hydrogen-bond acceptors (Lipinski definition) is 8. The number of nitrogens with one attached hydrogen (secondary N) is 1. The Morgan fingerprint density at radius 1 is 1.10 bits per heavy atom. The Balaban J connectivity index is 1.31. The number of non-ortho nitro benzene ring substituents is 1. The number of nitro groups is 1. The molecule has 10 nitrogen and oxygen atoms in total. The number of nitro benzene ring substituents is 1. The molecule has 4 aromatic rings. The number of oxazole rings is 1. The lowest BCUT2D eigenvalue weighted by Crippen LogP contribution is -2.37. The summed E-state index contributed by atoms with van der Waals surface area (Å²) < 4.78 is 11.7. The number of ether oxygens (including phenoxy) is 1. The maximum atomic E-state index is 12.5. The molecule has 1 atom stereocenters. The van der Waals surface area contributed by atoms with E-state index in [2.05, 4.69) is 10.3 Å². The normalized spacial score (nSPS) is 12.0. The van der Waals surface area contributed by atoms with Crippen LogP contribution in [0.1, 0.15) is 34.3 Å². The van der Waals surface area contributed by atoms with Crippen LogP contribution in [0.2, 0.25) is 0 Å². The molecule has 0 aliphatic heterocycles. The third-order valence-corrected chi connectivity index (χ3v) is 6.27. The lowest BCUT2D eigenvalue weighted by molar-refractivity contribution is -0.384. The highest BCUT2D eigenvalue weighted by molar-refractivity contribution is 6.05. The molecule has 2 N–H and O–H groups in total. The van der Waals surface area contributed by atoms with Crippen LogP contribution in [0.25, 0.3) is 11.5 Å². The quantitative estimate of drug-likeness (QED) is 0.0938. The fourth-order valence-corrected chi connectivity index (χ4v) is 4.16. The average Bonchev–Trinajstić information content (AvgIpc) is 3.34. The Hall–Kier alpha value is -5.25. The molecule has 41 heavy (non-hydrogen) atoms. The van der Waals surface area contributed by atoms with Crippen molar-refractivity contribution in [2.24, 2.45) is 0 Å². The molecule has 1 aromatic heterocycles. The Bertz CT molecular complexity index is 1560.